The fourth-order valence-electron chi connectivity index (χ4n) is 1.99. The first kappa shape index (κ1) is 10.7. The highest BCUT2D eigenvalue weighted by atomic mass is 14.9. The molecule has 1 heterocycles. The lowest BCUT2D eigenvalue weighted by Gasteiger charge is -2.07. The number of aromatic amines is 1. The average molecular weight is 234 g/mol. The maximum Gasteiger partial charge on any atom is 0.0693 e. The largest absolute Gasteiger partial charge is 0.359 e. The topological polar surface area (TPSA) is 27.8 Å². The van der Waals surface area contributed by atoms with Gasteiger partial charge in [-0.1, -0.05) is 48.5 Å². The fraction of sp³-hybridized carbons (Fsp3) is 0. The molecular formula is C16H14N2. The predicted molar refractivity (Wildman–Crippen MR) is 76.0 cm³/mol. The van der Waals surface area contributed by atoms with Crippen molar-refractivity contribution < 1.29 is 0 Å². The Labute approximate surface area is 106 Å². The van der Waals surface area contributed by atoms with Gasteiger partial charge in [0, 0.05) is 17.4 Å². The zero-order chi connectivity index (χ0) is 12.2. The lowest BCUT2D eigenvalue weighted by molar-refractivity contribution is 1.40. The average Bonchev–Trinajstić information content (AvgIpc) is 2.89. The molecule has 0 saturated carbocycles. The summed E-state index contributed by atoms with van der Waals surface area (Å²) in [6.07, 6.45) is 1.95. The van der Waals surface area contributed by atoms with Crippen molar-refractivity contribution in [3.05, 3.63) is 72.9 Å². The Morgan fingerprint density at radius 1 is 0.722 bits per heavy atom. The minimum atomic E-state index is 1.09. The molecule has 0 unspecified atom stereocenters. The Bertz CT molecular complexity index is 612. The lowest BCUT2D eigenvalue weighted by Crippen LogP contribution is -1.90. The number of anilines is 2. The minimum Gasteiger partial charge on any atom is -0.359 e. The third-order valence-electron chi connectivity index (χ3n) is 2.86. The van der Waals surface area contributed by atoms with Gasteiger partial charge >= 0.3 is 0 Å². The van der Waals surface area contributed by atoms with E-state index >= 15 is 0 Å². The minimum absolute atomic E-state index is 1.09. The molecule has 0 atom stereocenters. The third kappa shape index (κ3) is 2.13. The number of rotatable bonds is 3. The molecule has 2 nitrogen and oxygen atoms in total. The summed E-state index contributed by atoms with van der Waals surface area (Å²) in [5, 5.41) is 3.42. The van der Waals surface area contributed by atoms with Crippen LogP contribution < -0.4 is 5.32 Å². The van der Waals surface area contributed by atoms with Crippen LogP contribution in [0.1, 0.15) is 0 Å². The molecule has 0 aliphatic heterocycles. The van der Waals surface area contributed by atoms with Crippen molar-refractivity contribution in [2.75, 3.05) is 5.32 Å². The van der Waals surface area contributed by atoms with Crippen molar-refractivity contribution in [1.82, 2.24) is 4.98 Å². The smallest absolute Gasteiger partial charge is 0.0693 e. The monoisotopic (exact) mass is 234 g/mol. The van der Waals surface area contributed by atoms with E-state index in [1.807, 2.05) is 42.6 Å². The third-order valence-corrected chi connectivity index (χ3v) is 2.86. The zero-order valence-corrected chi connectivity index (χ0v) is 9.93. The molecule has 3 rings (SSSR count). The number of hydrogen-bond acceptors (Lipinski definition) is 1. The first-order chi connectivity index (χ1) is 8.93. The first-order valence-electron chi connectivity index (χ1n) is 5.98. The maximum absolute atomic E-state index is 3.42. The highest BCUT2D eigenvalue weighted by Gasteiger charge is 2.05. The summed E-state index contributed by atoms with van der Waals surface area (Å²) in [5.41, 5.74) is 4.47. The van der Waals surface area contributed by atoms with Crippen LogP contribution in [0, 0.1) is 0 Å². The van der Waals surface area contributed by atoms with Gasteiger partial charge in [-0.25, -0.2) is 0 Å². The van der Waals surface area contributed by atoms with E-state index in [0.29, 0.717) is 0 Å². The van der Waals surface area contributed by atoms with Crippen LogP contribution in [0.5, 0.6) is 0 Å². The van der Waals surface area contributed by atoms with Gasteiger partial charge in [0.2, 0.25) is 0 Å². The van der Waals surface area contributed by atoms with Crippen molar-refractivity contribution >= 4 is 11.4 Å². The number of nitrogens with one attached hydrogen (secondary N) is 2. The standard InChI is InChI=1S/C16H14N2/c1-3-7-13(8-4-1)16-15(11-12-17-16)18-14-9-5-2-6-10-14/h1-12,17-18H. The van der Waals surface area contributed by atoms with Crippen LogP contribution in [0.3, 0.4) is 0 Å². The van der Waals surface area contributed by atoms with Gasteiger partial charge in [0.1, 0.15) is 0 Å². The van der Waals surface area contributed by atoms with Crippen LogP contribution in [0.25, 0.3) is 11.3 Å². The van der Waals surface area contributed by atoms with Crippen molar-refractivity contribution in [3.63, 3.8) is 0 Å². The van der Waals surface area contributed by atoms with Crippen molar-refractivity contribution in [2.45, 2.75) is 0 Å². The van der Waals surface area contributed by atoms with Crippen LogP contribution in [0.4, 0.5) is 11.4 Å². The second-order valence-corrected chi connectivity index (χ2v) is 4.12. The molecule has 0 aliphatic rings. The Morgan fingerprint density at radius 2 is 1.39 bits per heavy atom. The van der Waals surface area contributed by atoms with Crippen molar-refractivity contribution in [1.29, 1.82) is 0 Å². The van der Waals surface area contributed by atoms with E-state index in [9.17, 15) is 0 Å². The van der Waals surface area contributed by atoms with Gasteiger partial charge in [0.05, 0.1) is 11.4 Å². The molecule has 1 aromatic heterocycles. The van der Waals surface area contributed by atoms with E-state index in [1.54, 1.807) is 0 Å². The van der Waals surface area contributed by atoms with E-state index in [0.717, 1.165) is 17.1 Å². The Balaban J connectivity index is 1.93. The highest BCUT2D eigenvalue weighted by Crippen LogP contribution is 2.28. The molecule has 0 spiro atoms. The number of H-pyrrole nitrogens is 1. The molecular weight excluding hydrogens is 220 g/mol. The van der Waals surface area contributed by atoms with E-state index in [-0.39, 0.29) is 0 Å². The number of benzene rings is 2. The second kappa shape index (κ2) is 4.80. The molecule has 18 heavy (non-hydrogen) atoms. The molecule has 2 aromatic carbocycles. The first-order valence-corrected chi connectivity index (χ1v) is 5.98. The molecule has 0 fully saturated rings. The van der Waals surface area contributed by atoms with Crippen LogP contribution in [0.2, 0.25) is 0 Å². The molecule has 0 radical (unpaired) electrons. The van der Waals surface area contributed by atoms with E-state index in [1.165, 1.54) is 5.56 Å². The predicted octanol–water partition coefficient (Wildman–Crippen LogP) is 4.43. The van der Waals surface area contributed by atoms with Crippen LogP contribution in [-0.4, -0.2) is 4.98 Å². The summed E-state index contributed by atoms with van der Waals surface area (Å²) >= 11 is 0. The van der Waals surface area contributed by atoms with Gasteiger partial charge in [-0.2, -0.15) is 0 Å². The van der Waals surface area contributed by atoms with Crippen LogP contribution in [-0.2, 0) is 0 Å². The van der Waals surface area contributed by atoms with Gasteiger partial charge in [0.15, 0.2) is 0 Å². The summed E-state index contributed by atoms with van der Waals surface area (Å²) in [4.78, 5) is 3.28. The summed E-state index contributed by atoms with van der Waals surface area (Å²) < 4.78 is 0. The van der Waals surface area contributed by atoms with Gasteiger partial charge in [0.25, 0.3) is 0 Å². The van der Waals surface area contributed by atoms with Crippen molar-refractivity contribution in [2.24, 2.45) is 0 Å². The summed E-state index contributed by atoms with van der Waals surface area (Å²) in [6, 6.07) is 22.5. The quantitative estimate of drug-likeness (QED) is 0.689. The molecule has 88 valence electrons. The van der Waals surface area contributed by atoms with E-state index in [4.69, 9.17) is 0 Å². The Morgan fingerprint density at radius 3 is 2.11 bits per heavy atom. The molecule has 0 amide bonds. The Hall–Kier alpha value is -2.48. The number of hydrogen-bond donors (Lipinski definition) is 2. The maximum atomic E-state index is 3.42. The van der Waals surface area contributed by atoms with E-state index < -0.39 is 0 Å². The normalized spacial score (nSPS) is 10.2. The zero-order valence-electron chi connectivity index (χ0n) is 9.93. The van der Waals surface area contributed by atoms with Crippen molar-refractivity contribution in [3.8, 4) is 11.3 Å². The summed E-state index contributed by atoms with van der Waals surface area (Å²) in [7, 11) is 0. The highest BCUT2D eigenvalue weighted by molar-refractivity contribution is 5.78. The van der Waals surface area contributed by atoms with E-state index in [2.05, 4.69) is 40.6 Å². The lowest BCUT2D eigenvalue weighted by atomic mass is 10.1. The summed E-state index contributed by atoms with van der Waals surface area (Å²) in [6.45, 7) is 0. The number of aromatic nitrogens is 1. The molecule has 2 heteroatoms. The van der Waals surface area contributed by atoms with Gasteiger partial charge in [-0.15, -0.1) is 0 Å². The van der Waals surface area contributed by atoms with Gasteiger partial charge < -0.3 is 10.3 Å². The number of para-hydroxylation sites is 1. The van der Waals surface area contributed by atoms with Gasteiger partial charge in [-0.05, 0) is 18.2 Å². The van der Waals surface area contributed by atoms with Crippen LogP contribution in [0.15, 0.2) is 72.9 Å². The molecule has 2 N–H and O–H groups in total. The summed E-state index contributed by atoms with van der Waals surface area (Å²) in [5.74, 6) is 0. The fourth-order valence-corrected chi connectivity index (χ4v) is 1.99. The molecule has 0 bridgehead atoms. The van der Waals surface area contributed by atoms with Crippen LogP contribution >= 0.6 is 0 Å². The molecule has 3 aromatic rings. The molecule has 0 aliphatic carbocycles. The molecule has 0 saturated heterocycles. The second-order valence-electron chi connectivity index (χ2n) is 4.12. The SMILES string of the molecule is c1ccc(Nc2cc[nH]c2-c2ccccc2)cc1. The Kier molecular flexibility index (Phi) is 2.84. The van der Waals surface area contributed by atoms with Gasteiger partial charge in [-0.3, -0.25) is 0 Å².